The molecule has 1 aromatic carbocycles. The number of rotatable bonds is 4. The monoisotopic (exact) mass is 291 g/mol. The van der Waals surface area contributed by atoms with Crippen LogP contribution >= 0.6 is 11.8 Å². The van der Waals surface area contributed by atoms with Crippen molar-refractivity contribution < 1.29 is 5.21 Å². The summed E-state index contributed by atoms with van der Waals surface area (Å²) < 4.78 is 1.71. The number of nitrogens with two attached hydrogens (primary N) is 1. The van der Waals surface area contributed by atoms with Crippen LogP contribution in [0.2, 0.25) is 0 Å². The standard InChI is InChI=1S/C13H17N5OS/c1-4-20-11-7-5-6-10(12(11)13(14)17-19)18-9(3)15-8(2)16-18/h5-7,19H,4H2,1-3H3,(H2,14,17). The van der Waals surface area contributed by atoms with Crippen LogP contribution in [0.4, 0.5) is 0 Å². The number of aryl methyl sites for hydroxylation is 2. The van der Waals surface area contributed by atoms with Gasteiger partial charge in [-0.15, -0.1) is 11.8 Å². The van der Waals surface area contributed by atoms with E-state index >= 15 is 0 Å². The van der Waals surface area contributed by atoms with E-state index in [0.29, 0.717) is 11.4 Å². The first-order valence-corrected chi connectivity index (χ1v) is 7.21. The predicted molar refractivity (Wildman–Crippen MR) is 79.7 cm³/mol. The minimum Gasteiger partial charge on any atom is -0.409 e. The van der Waals surface area contributed by atoms with Gasteiger partial charge in [-0.1, -0.05) is 18.1 Å². The average molecular weight is 291 g/mol. The van der Waals surface area contributed by atoms with Gasteiger partial charge in [0.15, 0.2) is 5.84 Å². The van der Waals surface area contributed by atoms with Crippen LogP contribution in [0, 0.1) is 13.8 Å². The fraction of sp³-hybridized carbons (Fsp3) is 0.308. The van der Waals surface area contributed by atoms with Gasteiger partial charge in [-0.25, -0.2) is 9.67 Å². The molecular formula is C13H17N5OS. The van der Waals surface area contributed by atoms with Crippen molar-refractivity contribution in [1.82, 2.24) is 14.8 Å². The normalized spacial score (nSPS) is 11.8. The van der Waals surface area contributed by atoms with Crippen LogP contribution in [0.15, 0.2) is 28.3 Å². The summed E-state index contributed by atoms with van der Waals surface area (Å²) in [6.45, 7) is 5.76. The van der Waals surface area contributed by atoms with Crippen molar-refractivity contribution in [3.8, 4) is 5.69 Å². The third-order valence-electron chi connectivity index (χ3n) is 2.77. The lowest BCUT2D eigenvalue weighted by atomic mass is 10.1. The van der Waals surface area contributed by atoms with Crippen molar-refractivity contribution >= 4 is 17.6 Å². The Morgan fingerprint density at radius 1 is 1.45 bits per heavy atom. The molecule has 2 aromatic rings. The highest BCUT2D eigenvalue weighted by Crippen LogP contribution is 2.27. The second kappa shape index (κ2) is 5.96. The Balaban J connectivity index is 2.69. The molecule has 0 spiro atoms. The molecular weight excluding hydrogens is 274 g/mol. The predicted octanol–water partition coefficient (Wildman–Crippen LogP) is 2.09. The van der Waals surface area contributed by atoms with Gasteiger partial charge >= 0.3 is 0 Å². The Kier molecular flexibility index (Phi) is 4.29. The van der Waals surface area contributed by atoms with Gasteiger partial charge in [-0.2, -0.15) is 5.10 Å². The molecule has 0 unspecified atom stereocenters. The van der Waals surface area contributed by atoms with E-state index in [0.717, 1.165) is 22.2 Å². The molecule has 0 aliphatic carbocycles. The SMILES string of the molecule is CCSc1cccc(-n2nc(C)nc2C)c1/C(N)=N/O. The largest absolute Gasteiger partial charge is 0.409 e. The molecule has 0 aliphatic heterocycles. The second-order valence-corrected chi connectivity index (χ2v) is 5.49. The molecule has 0 atom stereocenters. The minimum atomic E-state index is 0.0732. The van der Waals surface area contributed by atoms with Crippen molar-refractivity contribution in [3.05, 3.63) is 35.4 Å². The average Bonchev–Trinajstić information content (AvgIpc) is 2.77. The van der Waals surface area contributed by atoms with E-state index in [1.165, 1.54) is 0 Å². The zero-order chi connectivity index (χ0) is 14.7. The maximum Gasteiger partial charge on any atom is 0.173 e. The number of oxime groups is 1. The van der Waals surface area contributed by atoms with E-state index < -0.39 is 0 Å². The van der Waals surface area contributed by atoms with Crippen LogP contribution in [0.25, 0.3) is 5.69 Å². The number of hydrogen-bond acceptors (Lipinski definition) is 5. The van der Waals surface area contributed by atoms with Gasteiger partial charge < -0.3 is 10.9 Å². The second-order valence-electron chi connectivity index (χ2n) is 4.19. The van der Waals surface area contributed by atoms with Crippen LogP contribution in [0.1, 0.15) is 24.1 Å². The lowest BCUT2D eigenvalue weighted by Crippen LogP contribution is -2.18. The summed E-state index contributed by atoms with van der Waals surface area (Å²) in [5, 5.41) is 16.5. The quantitative estimate of drug-likeness (QED) is 0.296. The van der Waals surface area contributed by atoms with Crippen LogP contribution in [-0.2, 0) is 0 Å². The Bertz CT molecular complexity index is 650. The molecule has 6 nitrogen and oxygen atoms in total. The summed E-state index contributed by atoms with van der Waals surface area (Å²) in [6, 6.07) is 5.76. The van der Waals surface area contributed by atoms with Gasteiger partial charge in [0.2, 0.25) is 0 Å². The highest BCUT2D eigenvalue weighted by molar-refractivity contribution is 7.99. The van der Waals surface area contributed by atoms with Crippen LogP contribution in [0.5, 0.6) is 0 Å². The smallest absolute Gasteiger partial charge is 0.173 e. The molecule has 0 fully saturated rings. The van der Waals surface area contributed by atoms with Gasteiger partial charge in [0, 0.05) is 4.90 Å². The fourth-order valence-corrected chi connectivity index (χ4v) is 2.87. The molecule has 0 amide bonds. The minimum absolute atomic E-state index is 0.0732. The topological polar surface area (TPSA) is 89.3 Å². The van der Waals surface area contributed by atoms with Gasteiger partial charge in [-0.05, 0) is 31.7 Å². The summed E-state index contributed by atoms with van der Waals surface area (Å²) in [5.41, 5.74) is 7.28. The summed E-state index contributed by atoms with van der Waals surface area (Å²) in [4.78, 5) is 5.24. The van der Waals surface area contributed by atoms with Crippen molar-refractivity contribution in [3.63, 3.8) is 0 Å². The number of hydrogen-bond donors (Lipinski definition) is 2. The van der Waals surface area contributed by atoms with Crippen molar-refractivity contribution in [2.45, 2.75) is 25.7 Å². The maximum atomic E-state index is 9.04. The van der Waals surface area contributed by atoms with E-state index in [1.807, 2.05) is 32.0 Å². The molecule has 0 saturated heterocycles. The number of thioether (sulfide) groups is 1. The highest BCUT2D eigenvalue weighted by Gasteiger charge is 2.17. The summed E-state index contributed by atoms with van der Waals surface area (Å²) in [5.74, 6) is 2.41. The lowest BCUT2D eigenvalue weighted by Gasteiger charge is -2.13. The fourth-order valence-electron chi connectivity index (χ4n) is 2.03. The van der Waals surface area contributed by atoms with Gasteiger partial charge in [-0.3, -0.25) is 0 Å². The Hall–Kier alpha value is -2.02. The first-order valence-electron chi connectivity index (χ1n) is 6.22. The molecule has 1 aromatic heterocycles. The van der Waals surface area contributed by atoms with Crippen LogP contribution < -0.4 is 5.73 Å². The molecule has 1 heterocycles. The summed E-state index contributed by atoms with van der Waals surface area (Å²) in [6.07, 6.45) is 0. The van der Waals surface area contributed by atoms with Crippen molar-refractivity contribution in [2.24, 2.45) is 10.9 Å². The number of amidine groups is 1. The van der Waals surface area contributed by atoms with E-state index in [2.05, 4.69) is 22.2 Å². The molecule has 106 valence electrons. The highest BCUT2D eigenvalue weighted by atomic mass is 32.2. The van der Waals surface area contributed by atoms with E-state index in [9.17, 15) is 0 Å². The lowest BCUT2D eigenvalue weighted by molar-refractivity contribution is 0.318. The zero-order valence-electron chi connectivity index (χ0n) is 11.7. The molecule has 0 saturated carbocycles. The van der Waals surface area contributed by atoms with E-state index in [1.54, 1.807) is 16.4 Å². The third-order valence-corrected chi connectivity index (χ3v) is 3.71. The number of aromatic nitrogens is 3. The van der Waals surface area contributed by atoms with Gasteiger partial charge in [0.05, 0.1) is 11.3 Å². The number of benzene rings is 1. The van der Waals surface area contributed by atoms with Crippen LogP contribution in [0.3, 0.4) is 0 Å². The third kappa shape index (κ3) is 2.62. The maximum absolute atomic E-state index is 9.04. The summed E-state index contributed by atoms with van der Waals surface area (Å²) >= 11 is 1.63. The van der Waals surface area contributed by atoms with Gasteiger partial charge in [0.25, 0.3) is 0 Å². The first kappa shape index (κ1) is 14.4. The molecule has 3 N–H and O–H groups in total. The van der Waals surface area contributed by atoms with Crippen molar-refractivity contribution in [2.75, 3.05) is 5.75 Å². The molecule has 0 bridgehead atoms. The van der Waals surface area contributed by atoms with Crippen LogP contribution in [-0.4, -0.2) is 31.6 Å². The molecule has 7 heteroatoms. The van der Waals surface area contributed by atoms with E-state index in [-0.39, 0.29) is 5.84 Å². The summed E-state index contributed by atoms with van der Waals surface area (Å²) in [7, 11) is 0. The molecule has 20 heavy (non-hydrogen) atoms. The first-order chi connectivity index (χ1) is 9.58. The van der Waals surface area contributed by atoms with E-state index in [4.69, 9.17) is 10.9 Å². The zero-order valence-corrected chi connectivity index (χ0v) is 12.5. The molecule has 0 radical (unpaired) electrons. The van der Waals surface area contributed by atoms with Crippen molar-refractivity contribution in [1.29, 1.82) is 0 Å². The molecule has 0 aliphatic rings. The Morgan fingerprint density at radius 3 is 2.75 bits per heavy atom. The van der Waals surface area contributed by atoms with Gasteiger partial charge in [0.1, 0.15) is 11.6 Å². The molecule has 2 rings (SSSR count). The number of nitrogens with zero attached hydrogens (tertiary/aromatic N) is 4. The Morgan fingerprint density at radius 2 is 2.20 bits per heavy atom. The Labute approximate surface area is 121 Å².